The zero-order valence-corrected chi connectivity index (χ0v) is 15.9. The Morgan fingerprint density at radius 3 is 1.92 bits per heavy atom. The molecule has 0 spiro atoms. The van der Waals surface area contributed by atoms with Crippen molar-refractivity contribution in [3.05, 3.63) is 0 Å². The topological polar surface area (TPSA) is 58.2 Å². The van der Waals surface area contributed by atoms with Gasteiger partial charge in [-0.05, 0) is 87.4 Å². The third-order valence-corrected chi connectivity index (χ3v) is 7.88. The van der Waals surface area contributed by atoms with Crippen molar-refractivity contribution in [2.75, 3.05) is 0 Å². The van der Waals surface area contributed by atoms with Crippen LogP contribution in [0.2, 0.25) is 0 Å². The quantitative estimate of drug-likeness (QED) is 0.801. The van der Waals surface area contributed by atoms with Crippen molar-refractivity contribution >= 4 is 11.8 Å². The van der Waals surface area contributed by atoms with E-state index < -0.39 is 0 Å². The second-order valence-corrected chi connectivity index (χ2v) is 9.73. The van der Waals surface area contributed by atoms with Gasteiger partial charge in [0, 0.05) is 13.0 Å². The first-order chi connectivity index (χ1) is 11.9. The number of hydrogen-bond donors (Lipinski definition) is 2. The Morgan fingerprint density at radius 1 is 0.920 bits per heavy atom. The normalized spacial score (nSPS) is 39.2. The molecule has 25 heavy (non-hydrogen) atoms. The van der Waals surface area contributed by atoms with E-state index in [1.807, 2.05) is 0 Å². The molecule has 5 aliphatic rings. The van der Waals surface area contributed by atoms with E-state index in [1.54, 1.807) is 0 Å². The molecule has 5 rings (SSSR count). The van der Waals surface area contributed by atoms with Crippen molar-refractivity contribution in [2.45, 2.75) is 90.1 Å². The minimum Gasteiger partial charge on any atom is -0.351 e. The molecule has 0 aromatic heterocycles. The van der Waals surface area contributed by atoms with E-state index >= 15 is 0 Å². The third kappa shape index (κ3) is 3.33. The van der Waals surface area contributed by atoms with Crippen molar-refractivity contribution in [1.82, 2.24) is 10.6 Å². The summed E-state index contributed by atoms with van der Waals surface area (Å²) in [5.41, 5.74) is 0.320. The van der Waals surface area contributed by atoms with Crippen LogP contribution in [0.1, 0.15) is 78.1 Å². The molecular weight excluding hydrogens is 312 g/mol. The van der Waals surface area contributed by atoms with Crippen molar-refractivity contribution < 1.29 is 9.59 Å². The lowest BCUT2D eigenvalue weighted by atomic mass is 9.48. The van der Waals surface area contributed by atoms with Crippen LogP contribution in [-0.2, 0) is 9.59 Å². The predicted octanol–water partition coefficient (Wildman–Crippen LogP) is 3.40. The lowest BCUT2D eigenvalue weighted by Gasteiger charge is -2.59. The van der Waals surface area contributed by atoms with Crippen molar-refractivity contribution in [3.63, 3.8) is 0 Å². The van der Waals surface area contributed by atoms with E-state index in [-0.39, 0.29) is 23.9 Å². The van der Waals surface area contributed by atoms with E-state index in [2.05, 4.69) is 17.6 Å². The Bertz CT molecular complexity index is 503. The molecule has 5 aliphatic carbocycles. The van der Waals surface area contributed by atoms with Gasteiger partial charge in [0.15, 0.2) is 0 Å². The van der Waals surface area contributed by atoms with Gasteiger partial charge in [-0.1, -0.05) is 12.8 Å². The Balaban J connectivity index is 1.44. The largest absolute Gasteiger partial charge is 0.351 e. The van der Waals surface area contributed by atoms with Gasteiger partial charge in [-0.25, -0.2) is 0 Å². The molecule has 2 unspecified atom stereocenters. The Labute approximate surface area is 151 Å². The molecular formula is C21H34N2O2. The SMILES string of the molecule is CC(=O)NC(C(=O)NC(C)C12CC3CC(CC(C3)C1)C2)C1CCCC1. The minimum atomic E-state index is -0.337. The van der Waals surface area contributed by atoms with Crippen LogP contribution in [0.5, 0.6) is 0 Å². The molecule has 4 heteroatoms. The van der Waals surface area contributed by atoms with Crippen LogP contribution in [0.3, 0.4) is 0 Å². The van der Waals surface area contributed by atoms with Crippen molar-refractivity contribution in [2.24, 2.45) is 29.1 Å². The van der Waals surface area contributed by atoms with Crippen LogP contribution in [0, 0.1) is 29.1 Å². The zero-order valence-electron chi connectivity index (χ0n) is 15.9. The summed E-state index contributed by atoms with van der Waals surface area (Å²) in [4.78, 5) is 24.7. The van der Waals surface area contributed by atoms with E-state index in [1.165, 1.54) is 58.3 Å². The first-order valence-electron chi connectivity index (χ1n) is 10.5. The number of rotatable bonds is 5. The number of carbonyl (C=O) groups is 2. The molecule has 0 aromatic carbocycles. The second-order valence-electron chi connectivity index (χ2n) is 9.73. The van der Waals surface area contributed by atoms with E-state index in [0.717, 1.165) is 30.6 Å². The second kappa shape index (κ2) is 6.59. The van der Waals surface area contributed by atoms with Gasteiger partial charge in [-0.15, -0.1) is 0 Å². The fourth-order valence-corrected chi connectivity index (χ4v) is 7.07. The van der Waals surface area contributed by atoms with Crippen molar-refractivity contribution in [1.29, 1.82) is 0 Å². The van der Waals surface area contributed by atoms with Gasteiger partial charge < -0.3 is 10.6 Å². The Morgan fingerprint density at radius 2 is 1.44 bits per heavy atom. The molecule has 0 heterocycles. The maximum absolute atomic E-state index is 13.0. The first kappa shape index (κ1) is 17.4. The molecule has 140 valence electrons. The highest BCUT2D eigenvalue weighted by Gasteiger charge is 2.53. The van der Waals surface area contributed by atoms with Gasteiger partial charge in [0.05, 0.1) is 0 Å². The minimum absolute atomic E-state index is 0.0605. The first-order valence-corrected chi connectivity index (χ1v) is 10.5. The van der Waals surface area contributed by atoms with Crippen LogP contribution in [0.15, 0.2) is 0 Å². The van der Waals surface area contributed by atoms with Gasteiger partial charge in [-0.3, -0.25) is 9.59 Å². The monoisotopic (exact) mass is 346 g/mol. The summed E-state index contributed by atoms with van der Waals surface area (Å²) in [6, 6.07) is -0.109. The van der Waals surface area contributed by atoms with Crippen LogP contribution < -0.4 is 10.6 Å². The van der Waals surface area contributed by atoms with E-state index in [0.29, 0.717) is 11.3 Å². The summed E-state index contributed by atoms with van der Waals surface area (Å²) in [5, 5.41) is 6.32. The Hall–Kier alpha value is -1.06. The summed E-state index contributed by atoms with van der Waals surface area (Å²) in [6.45, 7) is 3.75. The van der Waals surface area contributed by atoms with Crippen molar-refractivity contribution in [3.8, 4) is 0 Å². The number of carbonyl (C=O) groups excluding carboxylic acids is 2. The Kier molecular flexibility index (Phi) is 4.57. The van der Waals surface area contributed by atoms with Gasteiger partial charge in [0.2, 0.25) is 11.8 Å². The van der Waals surface area contributed by atoms with Gasteiger partial charge >= 0.3 is 0 Å². The molecule has 5 saturated carbocycles. The molecule has 0 aromatic rings. The summed E-state index contributed by atoms with van der Waals surface area (Å²) < 4.78 is 0. The van der Waals surface area contributed by atoms with Gasteiger partial charge in [0.25, 0.3) is 0 Å². The maximum atomic E-state index is 13.0. The zero-order chi connectivity index (χ0) is 17.6. The highest BCUT2D eigenvalue weighted by atomic mass is 16.2. The van der Waals surface area contributed by atoms with Crippen LogP contribution in [0.4, 0.5) is 0 Å². The lowest BCUT2D eigenvalue weighted by molar-refractivity contribution is -0.132. The summed E-state index contributed by atoms with van der Waals surface area (Å²) in [5.74, 6) is 2.97. The van der Waals surface area contributed by atoms with Gasteiger partial charge in [0.1, 0.15) is 6.04 Å². The van der Waals surface area contributed by atoms with Gasteiger partial charge in [-0.2, -0.15) is 0 Å². The van der Waals surface area contributed by atoms with Crippen LogP contribution >= 0.6 is 0 Å². The standard InChI is InChI=1S/C21H34N2O2/c1-13(21-10-15-7-16(11-21)9-17(8-15)12-21)22-20(25)19(23-14(2)24)18-5-3-4-6-18/h13,15-19H,3-12H2,1-2H3,(H,22,25)(H,23,24). The molecule has 2 atom stereocenters. The number of nitrogens with one attached hydrogen (secondary N) is 2. The molecule has 2 N–H and O–H groups in total. The average Bonchev–Trinajstić information content (AvgIpc) is 3.05. The lowest BCUT2D eigenvalue weighted by Crippen LogP contribution is -2.59. The molecule has 0 saturated heterocycles. The molecule has 4 nitrogen and oxygen atoms in total. The summed E-state index contributed by atoms with van der Waals surface area (Å²) in [7, 11) is 0. The fraction of sp³-hybridized carbons (Fsp3) is 0.905. The molecule has 4 bridgehead atoms. The predicted molar refractivity (Wildman–Crippen MR) is 97.8 cm³/mol. The highest BCUT2D eigenvalue weighted by Crippen LogP contribution is 2.61. The maximum Gasteiger partial charge on any atom is 0.243 e. The van der Waals surface area contributed by atoms with Crippen LogP contribution in [-0.4, -0.2) is 23.9 Å². The van der Waals surface area contributed by atoms with E-state index in [9.17, 15) is 9.59 Å². The summed E-state index contributed by atoms with van der Waals surface area (Å²) >= 11 is 0. The summed E-state index contributed by atoms with van der Waals surface area (Å²) in [6.07, 6.45) is 12.7. The number of hydrogen-bond acceptors (Lipinski definition) is 2. The number of amides is 2. The smallest absolute Gasteiger partial charge is 0.243 e. The molecule has 5 fully saturated rings. The van der Waals surface area contributed by atoms with Crippen LogP contribution in [0.25, 0.3) is 0 Å². The molecule has 0 aliphatic heterocycles. The third-order valence-electron chi connectivity index (χ3n) is 7.88. The molecule has 0 radical (unpaired) electrons. The average molecular weight is 347 g/mol. The van der Waals surface area contributed by atoms with E-state index in [4.69, 9.17) is 0 Å². The molecule has 2 amide bonds. The fourth-order valence-electron chi connectivity index (χ4n) is 7.07. The highest BCUT2D eigenvalue weighted by molar-refractivity contribution is 5.87.